The van der Waals surface area contributed by atoms with Gasteiger partial charge in [0.2, 0.25) is 0 Å². The van der Waals surface area contributed by atoms with Crippen molar-refractivity contribution in [1.29, 1.82) is 0 Å². The third-order valence-corrected chi connectivity index (χ3v) is 5.19. The average molecular weight is 431 g/mol. The molecule has 150 valence electrons. The van der Waals surface area contributed by atoms with Gasteiger partial charge in [-0.2, -0.15) is 0 Å². The monoisotopic (exact) mass is 430 g/mol. The second-order valence-corrected chi connectivity index (χ2v) is 7.64. The molecular formula is C21H19ClN2O4S. The summed E-state index contributed by atoms with van der Waals surface area (Å²) in [5, 5.41) is 9.93. The Hall–Kier alpha value is -2.77. The van der Waals surface area contributed by atoms with Crippen LogP contribution in [0.5, 0.6) is 5.75 Å². The van der Waals surface area contributed by atoms with Crippen LogP contribution in [0.15, 0.2) is 58.4 Å². The van der Waals surface area contributed by atoms with E-state index in [0.29, 0.717) is 27.4 Å². The normalized spacial score (nSPS) is 16.6. The molecule has 29 heavy (non-hydrogen) atoms. The molecule has 3 rings (SSSR count). The Balaban J connectivity index is 1.81. The Kier molecular flexibility index (Phi) is 6.95. The van der Waals surface area contributed by atoms with Gasteiger partial charge in [0, 0.05) is 11.6 Å². The van der Waals surface area contributed by atoms with Crippen molar-refractivity contribution in [2.24, 2.45) is 4.99 Å². The van der Waals surface area contributed by atoms with Crippen LogP contribution in [0.4, 0.5) is 5.69 Å². The molecule has 2 aromatic carbocycles. The first-order valence-corrected chi connectivity index (χ1v) is 10.2. The molecule has 1 heterocycles. The fourth-order valence-electron chi connectivity index (χ4n) is 2.59. The smallest absolute Gasteiger partial charge is 0.341 e. The molecule has 1 saturated heterocycles. The molecule has 1 amide bonds. The average Bonchev–Trinajstić information content (AvgIpc) is 2.98. The number of carboxylic acids is 1. The number of nitrogens with zero attached hydrogens (tertiary/aromatic N) is 2. The molecule has 6 nitrogen and oxygen atoms in total. The van der Waals surface area contributed by atoms with Crippen LogP contribution in [0.1, 0.15) is 18.9 Å². The van der Waals surface area contributed by atoms with Gasteiger partial charge < -0.3 is 9.84 Å². The van der Waals surface area contributed by atoms with E-state index in [-0.39, 0.29) is 5.91 Å². The van der Waals surface area contributed by atoms with Crippen molar-refractivity contribution in [2.75, 3.05) is 13.2 Å². The molecule has 1 aliphatic heterocycles. The van der Waals surface area contributed by atoms with Crippen LogP contribution in [-0.4, -0.2) is 40.2 Å². The van der Waals surface area contributed by atoms with E-state index >= 15 is 0 Å². The van der Waals surface area contributed by atoms with Crippen LogP contribution in [0.3, 0.4) is 0 Å². The molecule has 0 atom stereocenters. The van der Waals surface area contributed by atoms with E-state index in [1.165, 1.54) is 11.8 Å². The lowest BCUT2D eigenvalue weighted by atomic mass is 10.2. The number of aliphatic carboxylic acids is 1. The van der Waals surface area contributed by atoms with E-state index in [1.807, 2.05) is 19.1 Å². The summed E-state index contributed by atoms with van der Waals surface area (Å²) in [5.74, 6) is -0.666. The number of halogens is 1. The summed E-state index contributed by atoms with van der Waals surface area (Å²) in [5.41, 5.74) is 1.54. The van der Waals surface area contributed by atoms with E-state index in [4.69, 9.17) is 21.4 Å². The maximum absolute atomic E-state index is 12.8. The van der Waals surface area contributed by atoms with E-state index < -0.39 is 12.6 Å². The molecule has 0 unspecified atom stereocenters. The number of carboxylic acid groups (broad SMARTS) is 1. The molecular weight excluding hydrogens is 412 g/mol. The Bertz CT molecular complexity index is 956. The summed E-state index contributed by atoms with van der Waals surface area (Å²) in [4.78, 5) is 30.3. The Labute approximate surface area is 177 Å². The van der Waals surface area contributed by atoms with E-state index in [1.54, 1.807) is 47.4 Å². The minimum Gasteiger partial charge on any atom is -0.482 e. The molecule has 0 bridgehead atoms. The SMILES string of the molecule is CCCN1C(=O)/C(=C/c2ccc(OCC(=O)O)cc2)SC1=Nc1ccc(Cl)cc1. The van der Waals surface area contributed by atoms with Crippen molar-refractivity contribution in [3.63, 3.8) is 0 Å². The molecule has 1 aliphatic rings. The van der Waals surface area contributed by atoms with E-state index in [9.17, 15) is 9.59 Å². The zero-order valence-electron chi connectivity index (χ0n) is 15.7. The summed E-state index contributed by atoms with van der Waals surface area (Å²) >= 11 is 7.25. The number of carbonyl (C=O) groups excluding carboxylic acids is 1. The molecule has 0 aliphatic carbocycles. The summed E-state index contributed by atoms with van der Waals surface area (Å²) < 4.78 is 5.13. The van der Waals surface area contributed by atoms with Gasteiger partial charge in [0.05, 0.1) is 10.6 Å². The molecule has 0 aromatic heterocycles. The summed E-state index contributed by atoms with van der Waals surface area (Å²) in [7, 11) is 0. The van der Waals surface area contributed by atoms with Gasteiger partial charge in [0.25, 0.3) is 5.91 Å². The number of thioether (sulfide) groups is 1. The minimum atomic E-state index is -1.03. The van der Waals surface area contributed by atoms with Gasteiger partial charge in [-0.05, 0) is 66.2 Å². The lowest BCUT2D eigenvalue weighted by Crippen LogP contribution is -2.29. The lowest BCUT2D eigenvalue weighted by Gasteiger charge is -2.13. The van der Waals surface area contributed by atoms with Gasteiger partial charge in [-0.25, -0.2) is 9.79 Å². The van der Waals surface area contributed by atoms with Gasteiger partial charge in [-0.3, -0.25) is 9.69 Å². The van der Waals surface area contributed by atoms with Gasteiger partial charge in [0.15, 0.2) is 11.8 Å². The lowest BCUT2D eigenvalue weighted by molar-refractivity contribution is -0.139. The van der Waals surface area contributed by atoms with Gasteiger partial charge in [-0.1, -0.05) is 30.7 Å². The minimum absolute atomic E-state index is 0.0873. The van der Waals surface area contributed by atoms with Crippen LogP contribution < -0.4 is 4.74 Å². The number of carbonyl (C=O) groups is 2. The number of aliphatic imine (C=N–C) groups is 1. The van der Waals surface area contributed by atoms with Gasteiger partial charge >= 0.3 is 5.97 Å². The zero-order valence-corrected chi connectivity index (χ0v) is 17.2. The second kappa shape index (κ2) is 9.62. The topological polar surface area (TPSA) is 79.2 Å². The van der Waals surface area contributed by atoms with E-state index in [0.717, 1.165) is 17.7 Å². The molecule has 0 radical (unpaired) electrons. The Morgan fingerprint density at radius 1 is 1.21 bits per heavy atom. The fraction of sp³-hybridized carbons (Fsp3) is 0.190. The third-order valence-electron chi connectivity index (χ3n) is 3.93. The molecule has 1 fully saturated rings. The van der Waals surface area contributed by atoms with Crippen molar-refractivity contribution < 1.29 is 19.4 Å². The van der Waals surface area contributed by atoms with Crippen molar-refractivity contribution in [1.82, 2.24) is 4.90 Å². The number of hydrogen-bond acceptors (Lipinski definition) is 5. The van der Waals surface area contributed by atoms with Crippen LogP contribution in [0.2, 0.25) is 5.02 Å². The highest BCUT2D eigenvalue weighted by molar-refractivity contribution is 8.18. The largest absolute Gasteiger partial charge is 0.482 e. The highest BCUT2D eigenvalue weighted by Crippen LogP contribution is 2.34. The predicted molar refractivity (Wildman–Crippen MR) is 116 cm³/mol. The van der Waals surface area contributed by atoms with Crippen molar-refractivity contribution >= 4 is 52.2 Å². The van der Waals surface area contributed by atoms with Crippen molar-refractivity contribution in [3.8, 4) is 5.75 Å². The first kappa shape index (κ1) is 21.0. The summed E-state index contributed by atoms with van der Waals surface area (Å²) in [6.07, 6.45) is 2.61. The van der Waals surface area contributed by atoms with Gasteiger partial charge in [0.1, 0.15) is 5.75 Å². The molecule has 2 aromatic rings. The predicted octanol–water partition coefficient (Wildman–Crippen LogP) is 4.82. The maximum Gasteiger partial charge on any atom is 0.341 e. The third kappa shape index (κ3) is 5.62. The zero-order chi connectivity index (χ0) is 20.8. The Morgan fingerprint density at radius 3 is 2.52 bits per heavy atom. The number of ether oxygens (including phenoxy) is 1. The quantitative estimate of drug-likeness (QED) is 0.637. The highest BCUT2D eigenvalue weighted by atomic mass is 35.5. The maximum atomic E-state index is 12.8. The van der Waals surface area contributed by atoms with Crippen LogP contribution in [0.25, 0.3) is 6.08 Å². The van der Waals surface area contributed by atoms with Crippen LogP contribution in [0, 0.1) is 0 Å². The highest BCUT2D eigenvalue weighted by Gasteiger charge is 2.32. The van der Waals surface area contributed by atoms with Crippen LogP contribution in [-0.2, 0) is 9.59 Å². The van der Waals surface area contributed by atoms with Crippen molar-refractivity contribution in [3.05, 3.63) is 64.0 Å². The second-order valence-electron chi connectivity index (χ2n) is 6.19. The number of rotatable bonds is 7. The van der Waals surface area contributed by atoms with E-state index in [2.05, 4.69) is 4.99 Å². The standard InChI is InChI=1S/C21H19ClN2O4S/c1-2-11-24-20(27)18(29-21(24)23-16-7-5-15(22)6-8-16)12-14-3-9-17(10-4-14)28-13-19(25)26/h3-10,12H,2,11,13H2,1H3,(H,25,26)/b18-12-,23-21?. The fourth-order valence-corrected chi connectivity index (χ4v) is 3.75. The molecule has 0 spiro atoms. The number of benzene rings is 2. The molecule has 1 N–H and O–H groups in total. The summed E-state index contributed by atoms with van der Waals surface area (Å²) in [6.45, 7) is 2.19. The van der Waals surface area contributed by atoms with Gasteiger partial charge in [-0.15, -0.1) is 0 Å². The van der Waals surface area contributed by atoms with Crippen molar-refractivity contribution in [2.45, 2.75) is 13.3 Å². The molecule has 8 heteroatoms. The first-order valence-electron chi connectivity index (χ1n) is 8.96. The number of amidine groups is 1. The summed E-state index contributed by atoms with van der Waals surface area (Å²) in [6, 6.07) is 14.0. The van der Waals surface area contributed by atoms with Crippen LogP contribution >= 0.6 is 23.4 Å². The number of amides is 1. The molecule has 0 saturated carbocycles. The first-order chi connectivity index (χ1) is 14.0. The number of hydrogen-bond donors (Lipinski definition) is 1. The Morgan fingerprint density at radius 2 is 1.90 bits per heavy atom.